The molecule has 0 saturated carbocycles. The number of imidazole rings is 1. The lowest BCUT2D eigenvalue weighted by Crippen LogP contribution is -2.01. The second-order valence-corrected chi connectivity index (χ2v) is 6.78. The topological polar surface area (TPSA) is 43.8 Å². The second-order valence-electron chi connectivity index (χ2n) is 4.16. The van der Waals surface area contributed by atoms with E-state index in [-0.39, 0.29) is 5.82 Å². The highest BCUT2D eigenvalue weighted by Gasteiger charge is 2.15. The maximum atomic E-state index is 13.8. The SMILES string of the molecule is Nc1nc2cc(Br)c(F)cc2n1-c1cc(Br)ccc1Br. The number of hydrogen-bond donors (Lipinski definition) is 1. The van der Waals surface area contributed by atoms with E-state index >= 15 is 0 Å². The van der Waals surface area contributed by atoms with Crippen molar-refractivity contribution in [1.82, 2.24) is 9.55 Å². The molecule has 2 N–H and O–H groups in total. The van der Waals surface area contributed by atoms with Crippen LogP contribution in [-0.2, 0) is 0 Å². The van der Waals surface area contributed by atoms with Crippen molar-refractivity contribution in [2.45, 2.75) is 0 Å². The van der Waals surface area contributed by atoms with Gasteiger partial charge in [-0.3, -0.25) is 4.57 Å². The minimum absolute atomic E-state index is 0.302. The highest BCUT2D eigenvalue weighted by atomic mass is 79.9. The molecule has 0 saturated heterocycles. The number of aromatic nitrogens is 2. The Balaban J connectivity index is 2.38. The van der Waals surface area contributed by atoms with Gasteiger partial charge in [0.15, 0.2) is 0 Å². The number of rotatable bonds is 1. The summed E-state index contributed by atoms with van der Waals surface area (Å²) in [6.45, 7) is 0. The molecule has 0 amide bonds. The Hall–Kier alpha value is -0.920. The molecule has 3 nitrogen and oxygen atoms in total. The molecule has 0 unspecified atom stereocenters. The summed E-state index contributed by atoms with van der Waals surface area (Å²) in [5, 5.41) is 0. The zero-order valence-electron chi connectivity index (χ0n) is 9.87. The Morgan fingerprint density at radius 1 is 1.05 bits per heavy atom. The molecule has 0 aliphatic rings. The Bertz CT molecular complexity index is 829. The highest BCUT2D eigenvalue weighted by Crippen LogP contribution is 2.32. The first-order valence-electron chi connectivity index (χ1n) is 5.56. The van der Waals surface area contributed by atoms with E-state index in [2.05, 4.69) is 52.8 Å². The van der Waals surface area contributed by atoms with Gasteiger partial charge in [0, 0.05) is 15.0 Å². The predicted octanol–water partition coefficient (Wildman–Crippen LogP) is 5.03. The molecular weight excluding hydrogens is 457 g/mol. The van der Waals surface area contributed by atoms with E-state index in [0.29, 0.717) is 21.5 Å². The van der Waals surface area contributed by atoms with Gasteiger partial charge in [-0.2, -0.15) is 0 Å². The summed E-state index contributed by atoms with van der Waals surface area (Å²) in [6.07, 6.45) is 0. The molecule has 0 aliphatic heterocycles. The molecule has 0 bridgehead atoms. The fourth-order valence-corrected chi connectivity index (χ4v) is 3.11. The molecule has 1 aromatic heterocycles. The summed E-state index contributed by atoms with van der Waals surface area (Å²) in [5.41, 5.74) is 8.02. The molecule has 0 radical (unpaired) electrons. The van der Waals surface area contributed by atoms with Crippen molar-refractivity contribution in [2.75, 3.05) is 5.73 Å². The van der Waals surface area contributed by atoms with Crippen LogP contribution in [0.25, 0.3) is 16.7 Å². The minimum Gasteiger partial charge on any atom is -0.369 e. The van der Waals surface area contributed by atoms with Crippen molar-refractivity contribution in [1.29, 1.82) is 0 Å². The minimum atomic E-state index is -0.357. The van der Waals surface area contributed by atoms with Gasteiger partial charge in [-0.05, 0) is 56.1 Å². The van der Waals surface area contributed by atoms with Crippen LogP contribution in [-0.4, -0.2) is 9.55 Å². The van der Waals surface area contributed by atoms with Crippen LogP contribution in [0, 0.1) is 5.82 Å². The van der Waals surface area contributed by atoms with Crippen molar-refractivity contribution >= 4 is 64.8 Å². The first-order valence-corrected chi connectivity index (χ1v) is 7.93. The van der Waals surface area contributed by atoms with Crippen molar-refractivity contribution in [3.63, 3.8) is 0 Å². The number of anilines is 1. The number of fused-ring (bicyclic) bond motifs is 1. The number of benzene rings is 2. The first kappa shape index (κ1) is 14.0. The molecule has 0 atom stereocenters. The van der Waals surface area contributed by atoms with Gasteiger partial charge in [0.05, 0.1) is 21.2 Å². The van der Waals surface area contributed by atoms with E-state index in [0.717, 1.165) is 14.6 Å². The maximum absolute atomic E-state index is 13.8. The second kappa shape index (κ2) is 5.13. The van der Waals surface area contributed by atoms with Gasteiger partial charge in [-0.25, -0.2) is 9.37 Å². The van der Waals surface area contributed by atoms with Gasteiger partial charge < -0.3 is 5.73 Å². The van der Waals surface area contributed by atoms with Gasteiger partial charge >= 0.3 is 0 Å². The van der Waals surface area contributed by atoms with Crippen molar-refractivity contribution in [2.24, 2.45) is 0 Å². The lowest BCUT2D eigenvalue weighted by Gasteiger charge is -2.09. The van der Waals surface area contributed by atoms with E-state index in [1.54, 1.807) is 10.6 Å². The molecular formula is C13H7Br3FN3. The summed E-state index contributed by atoms with van der Waals surface area (Å²) < 4.78 is 17.6. The quantitative estimate of drug-likeness (QED) is 0.550. The van der Waals surface area contributed by atoms with Crippen LogP contribution >= 0.6 is 47.8 Å². The molecule has 0 aliphatic carbocycles. The number of nitrogens with zero attached hydrogens (tertiary/aromatic N) is 2. The molecule has 20 heavy (non-hydrogen) atoms. The molecule has 0 fully saturated rings. The summed E-state index contributed by atoms with van der Waals surface area (Å²) in [7, 11) is 0. The Labute approximate surface area is 139 Å². The van der Waals surface area contributed by atoms with Crippen LogP contribution in [0.4, 0.5) is 10.3 Å². The monoisotopic (exact) mass is 461 g/mol. The van der Waals surface area contributed by atoms with Crippen LogP contribution in [0.1, 0.15) is 0 Å². The van der Waals surface area contributed by atoms with Gasteiger partial charge in [-0.15, -0.1) is 0 Å². The standard InChI is InChI=1S/C13H7Br3FN3/c14-6-1-2-7(15)11(3-6)20-12-5-9(17)8(16)4-10(12)19-13(20)18/h1-5H,(H2,18,19). The van der Waals surface area contributed by atoms with Crippen LogP contribution < -0.4 is 5.73 Å². The maximum Gasteiger partial charge on any atom is 0.205 e. The summed E-state index contributed by atoms with van der Waals surface area (Å²) in [6, 6.07) is 8.71. The Kier molecular flexibility index (Phi) is 3.60. The van der Waals surface area contributed by atoms with E-state index in [4.69, 9.17) is 5.73 Å². The van der Waals surface area contributed by atoms with Crippen molar-refractivity contribution < 1.29 is 4.39 Å². The van der Waals surface area contributed by atoms with Crippen molar-refractivity contribution in [3.8, 4) is 5.69 Å². The van der Waals surface area contributed by atoms with E-state index in [1.165, 1.54) is 6.07 Å². The molecule has 3 rings (SSSR count). The summed E-state index contributed by atoms with van der Waals surface area (Å²) in [4.78, 5) is 4.27. The van der Waals surface area contributed by atoms with Gasteiger partial charge in [-0.1, -0.05) is 15.9 Å². The zero-order chi connectivity index (χ0) is 14.4. The predicted molar refractivity (Wildman–Crippen MR) is 88.5 cm³/mol. The number of nitrogens with two attached hydrogens (primary N) is 1. The average Bonchev–Trinajstić information content (AvgIpc) is 2.69. The molecule has 2 aromatic carbocycles. The molecule has 102 valence electrons. The van der Waals surface area contributed by atoms with E-state index < -0.39 is 0 Å². The van der Waals surface area contributed by atoms with Crippen LogP contribution in [0.15, 0.2) is 43.7 Å². The third kappa shape index (κ3) is 2.27. The molecule has 1 heterocycles. The van der Waals surface area contributed by atoms with Crippen LogP contribution in [0.5, 0.6) is 0 Å². The number of nitrogen functional groups attached to an aromatic ring is 1. The average molecular weight is 464 g/mol. The lowest BCUT2D eigenvalue weighted by atomic mass is 10.2. The number of halogens is 4. The molecule has 3 aromatic rings. The Morgan fingerprint density at radius 2 is 1.80 bits per heavy atom. The van der Waals surface area contributed by atoms with E-state index in [9.17, 15) is 4.39 Å². The summed E-state index contributed by atoms with van der Waals surface area (Å²) in [5.74, 6) is -0.0546. The third-order valence-electron chi connectivity index (χ3n) is 2.87. The zero-order valence-corrected chi connectivity index (χ0v) is 14.6. The summed E-state index contributed by atoms with van der Waals surface area (Å²) >= 11 is 10.0. The normalized spacial score (nSPS) is 11.2. The third-order valence-corrected chi connectivity index (χ3v) is 4.64. The van der Waals surface area contributed by atoms with Crippen molar-refractivity contribution in [3.05, 3.63) is 49.6 Å². The van der Waals surface area contributed by atoms with Gasteiger partial charge in [0.2, 0.25) is 5.95 Å². The molecule has 7 heteroatoms. The Morgan fingerprint density at radius 3 is 2.55 bits per heavy atom. The number of hydrogen-bond acceptors (Lipinski definition) is 2. The fraction of sp³-hybridized carbons (Fsp3) is 0. The first-order chi connectivity index (χ1) is 9.47. The smallest absolute Gasteiger partial charge is 0.205 e. The lowest BCUT2D eigenvalue weighted by molar-refractivity contribution is 0.622. The largest absolute Gasteiger partial charge is 0.369 e. The van der Waals surface area contributed by atoms with Crippen LogP contribution in [0.3, 0.4) is 0 Å². The fourth-order valence-electron chi connectivity index (χ4n) is 2.00. The van der Waals surface area contributed by atoms with Gasteiger partial charge in [0.25, 0.3) is 0 Å². The van der Waals surface area contributed by atoms with Gasteiger partial charge in [0.1, 0.15) is 5.82 Å². The highest BCUT2D eigenvalue weighted by molar-refractivity contribution is 9.11. The van der Waals surface area contributed by atoms with Crippen LogP contribution in [0.2, 0.25) is 0 Å². The molecule has 0 spiro atoms. The van der Waals surface area contributed by atoms with E-state index in [1.807, 2.05) is 18.2 Å².